The number of nitrogens with zero attached hydrogens (tertiary/aromatic N) is 6. The van der Waals surface area contributed by atoms with Crippen LogP contribution in [0.15, 0.2) is 101 Å². The van der Waals surface area contributed by atoms with Gasteiger partial charge in [-0.3, -0.25) is 4.79 Å². The first-order valence-corrected chi connectivity index (χ1v) is 10.1. The van der Waals surface area contributed by atoms with Gasteiger partial charge in [0.05, 0.1) is 22.5 Å². The van der Waals surface area contributed by atoms with E-state index in [2.05, 4.69) is 20.4 Å². The lowest BCUT2D eigenvalue weighted by molar-refractivity contribution is -0.137. The van der Waals surface area contributed by atoms with Crippen molar-refractivity contribution in [3.63, 3.8) is 0 Å². The van der Waals surface area contributed by atoms with Gasteiger partial charge < -0.3 is 0 Å². The van der Waals surface area contributed by atoms with E-state index in [4.69, 9.17) is 0 Å². The first-order valence-electron chi connectivity index (χ1n) is 10.1. The van der Waals surface area contributed by atoms with Gasteiger partial charge in [0.25, 0.3) is 0 Å². The lowest BCUT2D eigenvalue weighted by Crippen LogP contribution is -2.27. The van der Waals surface area contributed by atoms with E-state index in [1.165, 1.54) is 33.8 Å². The molecule has 0 saturated heterocycles. The third-order valence-electron chi connectivity index (χ3n) is 5.00. The predicted molar refractivity (Wildman–Crippen MR) is 120 cm³/mol. The highest BCUT2D eigenvalue weighted by Crippen LogP contribution is 2.30. The van der Waals surface area contributed by atoms with Crippen molar-refractivity contribution in [2.45, 2.75) is 6.18 Å². The number of rotatable bonds is 3. The van der Waals surface area contributed by atoms with Gasteiger partial charge in [-0.05, 0) is 42.5 Å². The number of halogens is 3. The largest absolute Gasteiger partial charge is 0.416 e. The number of alkyl halides is 3. The molecule has 3 aromatic carbocycles. The maximum Gasteiger partial charge on any atom is 0.416 e. The van der Waals surface area contributed by atoms with Crippen molar-refractivity contribution in [3.05, 3.63) is 113 Å². The number of benzene rings is 3. The van der Waals surface area contributed by atoms with E-state index < -0.39 is 17.2 Å². The molecule has 5 rings (SSSR count). The fourth-order valence-corrected chi connectivity index (χ4v) is 3.38. The van der Waals surface area contributed by atoms with Crippen molar-refractivity contribution in [3.8, 4) is 5.69 Å². The third kappa shape index (κ3) is 4.08. The van der Waals surface area contributed by atoms with E-state index in [9.17, 15) is 18.0 Å². The second-order valence-corrected chi connectivity index (χ2v) is 7.28. The molecule has 2 heterocycles. The van der Waals surface area contributed by atoms with Crippen molar-refractivity contribution >= 4 is 22.6 Å². The van der Waals surface area contributed by atoms with Crippen LogP contribution in [0.2, 0.25) is 0 Å². The number of para-hydroxylation sites is 2. The zero-order chi connectivity index (χ0) is 23.7. The lowest BCUT2D eigenvalue weighted by Gasteiger charge is -2.12. The molecule has 0 radical (unpaired) electrons. The SMILES string of the molecule is O=c1ccn(-c2cccc(C(F)(F)F)c2)nc1C(=Nc1ccccc1)n1nnc2ccccc21. The van der Waals surface area contributed by atoms with Crippen molar-refractivity contribution < 1.29 is 13.2 Å². The summed E-state index contributed by atoms with van der Waals surface area (Å²) >= 11 is 0. The first-order chi connectivity index (χ1) is 16.4. The summed E-state index contributed by atoms with van der Waals surface area (Å²) in [5, 5.41) is 12.6. The van der Waals surface area contributed by atoms with Crippen LogP contribution >= 0.6 is 0 Å². The van der Waals surface area contributed by atoms with Crippen LogP contribution in [0.3, 0.4) is 0 Å². The second-order valence-electron chi connectivity index (χ2n) is 7.28. The van der Waals surface area contributed by atoms with Gasteiger partial charge in [0.2, 0.25) is 5.43 Å². The van der Waals surface area contributed by atoms with Crippen LogP contribution in [-0.2, 0) is 6.18 Å². The molecule has 0 fully saturated rings. The normalized spacial score (nSPS) is 12.3. The molecule has 168 valence electrons. The van der Waals surface area contributed by atoms with Gasteiger partial charge >= 0.3 is 6.18 Å². The zero-order valence-electron chi connectivity index (χ0n) is 17.4. The fraction of sp³-hybridized carbons (Fsp3) is 0.0417. The van der Waals surface area contributed by atoms with Crippen LogP contribution in [0, 0.1) is 0 Å². The summed E-state index contributed by atoms with van der Waals surface area (Å²) < 4.78 is 42.2. The van der Waals surface area contributed by atoms with Crippen molar-refractivity contribution in [1.82, 2.24) is 24.8 Å². The Hall–Kier alpha value is -4.60. The minimum Gasteiger partial charge on any atom is -0.287 e. The van der Waals surface area contributed by atoms with Gasteiger partial charge in [-0.25, -0.2) is 9.67 Å². The molecular weight excluding hydrogens is 445 g/mol. The van der Waals surface area contributed by atoms with E-state index in [0.29, 0.717) is 16.7 Å². The van der Waals surface area contributed by atoms with Crippen LogP contribution in [-0.4, -0.2) is 30.6 Å². The summed E-state index contributed by atoms with van der Waals surface area (Å²) in [6.07, 6.45) is -3.21. The van der Waals surface area contributed by atoms with E-state index in [-0.39, 0.29) is 17.2 Å². The zero-order valence-corrected chi connectivity index (χ0v) is 17.4. The van der Waals surface area contributed by atoms with Gasteiger partial charge in [0.15, 0.2) is 11.5 Å². The Bertz CT molecular complexity index is 1570. The molecule has 34 heavy (non-hydrogen) atoms. The lowest BCUT2D eigenvalue weighted by atomic mass is 10.2. The monoisotopic (exact) mass is 460 g/mol. The molecule has 10 heteroatoms. The Morgan fingerprint density at radius 1 is 0.882 bits per heavy atom. The number of aliphatic imine (C=N–C) groups is 1. The van der Waals surface area contributed by atoms with Gasteiger partial charge in [-0.2, -0.15) is 23.0 Å². The molecular formula is C24H15F3N6O. The maximum atomic E-state index is 13.2. The molecule has 0 N–H and O–H groups in total. The molecule has 7 nitrogen and oxygen atoms in total. The summed E-state index contributed by atoms with van der Waals surface area (Å²) in [6.45, 7) is 0. The Morgan fingerprint density at radius 3 is 2.44 bits per heavy atom. The topological polar surface area (TPSA) is 78.0 Å². The van der Waals surface area contributed by atoms with Crippen LogP contribution in [0.25, 0.3) is 16.7 Å². The maximum absolute atomic E-state index is 13.2. The van der Waals surface area contributed by atoms with E-state index in [1.54, 1.807) is 48.5 Å². The summed E-state index contributed by atoms with van der Waals surface area (Å²) in [5.74, 6) is 0.0891. The standard InChI is InChI=1S/C24H15F3N6O/c25-24(26,27)16-7-6-10-18(15-16)32-14-13-21(34)22(30-32)23(28-17-8-2-1-3-9-17)33-20-12-5-4-11-19(20)29-31-33/h1-15H. The summed E-state index contributed by atoms with van der Waals surface area (Å²) in [7, 11) is 0. The molecule has 0 amide bonds. The number of fused-ring (bicyclic) bond motifs is 1. The number of hydrogen-bond acceptors (Lipinski definition) is 5. The minimum absolute atomic E-state index is 0.0891. The molecule has 5 aromatic rings. The smallest absolute Gasteiger partial charge is 0.287 e. The molecule has 2 aromatic heterocycles. The summed E-state index contributed by atoms with van der Waals surface area (Å²) in [4.78, 5) is 17.5. The molecule has 0 unspecified atom stereocenters. The molecule has 0 aliphatic carbocycles. The Morgan fingerprint density at radius 2 is 1.65 bits per heavy atom. The van der Waals surface area contributed by atoms with Gasteiger partial charge in [-0.1, -0.05) is 41.6 Å². The van der Waals surface area contributed by atoms with Crippen LogP contribution in [0.4, 0.5) is 18.9 Å². The summed E-state index contributed by atoms with van der Waals surface area (Å²) in [6, 6.07) is 21.9. The van der Waals surface area contributed by atoms with Crippen molar-refractivity contribution in [2.75, 3.05) is 0 Å². The van der Waals surface area contributed by atoms with Gasteiger partial charge in [-0.15, -0.1) is 5.10 Å². The van der Waals surface area contributed by atoms with E-state index in [0.717, 1.165) is 12.1 Å². The van der Waals surface area contributed by atoms with E-state index >= 15 is 0 Å². The minimum atomic E-state index is -4.52. The highest BCUT2D eigenvalue weighted by molar-refractivity contribution is 6.03. The van der Waals surface area contributed by atoms with Gasteiger partial charge in [0, 0.05) is 12.3 Å². The Kier molecular flexibility index (Phi) is 5.25. The molecule has 0 aliphatic rings. The number of aromatic nitrogens is 5. The molecule has 0 spiro atoms. The average molecular weight is 460 g/mol. The Labute approximate surface area is 190 Å². The van der Waals surface area contributed by atoms with Gasteiger partial charge in [0.1, 0.15) is 5.52 Å². The summed E-state index contributed by atoms with van der Waals surface area (Å²) in [5.41, 5.74) is 0.445. The fourth-order valence-electron chi connectivity index (χ4n) is 3.38. The van der Waals surface area contributed by atoms with Crippen LogP contribution in [0.1, 0.15) is 11.3 Å². The predicted octanol–water partition coefficient (Wildman–Crippen LogP) is 4.62. The highest BCUT2D eigenvalue weighted by atomic mass is 19.4. The molecule has 0 aliphatic heterocycles. The van der Waals surface area contributed by atoms with E-state index in [1.807, 2.05) is 6.07 Å². The quantitative estimate of drug-likeness (QED) is 0.291. The molecule has 0 atom stereocenters. The number of hydrogen-bond donors (Lipinski definition) is 0. The van der Waals surface area contributed by atoms with Crippen LogP contribution < -0.4 is 5.43 Å². The molecule has 0 saturated carbocycles. The van der Waals surface area contributed by atoms with Crippen molar-refractivity contribution in [2.24, 2.45) is 4.99 Å². The third-order valence-corrected chi connectivity index (χ3v) is 5.00. The highest BCUT2D eigenvalue weighted by Gasteiger charge is 2.30. The second kappa shape index (κ2) is 8.39. The molecule has 0 bridgehead atoms. The van der Waals surface area contributed by atoms with Crippen molar-refractivity contribution in [1.29, 1.82) is 0 Å². The Balaban J connectivity index is 1.72. The van der Waals surface area contributed by atoms with Crippen LogP contribution in [0.5, 0.6) is 0 Å². The first kappa shape index (κ1) is 21.3. The average Bonchev–Trinajstić information content (AvgIpc) is 3.27.